The van der Waals surface area contributed by atoms with Gasteiger partial charge in [-0.25, -0.2) is 8.78 Å². The first-order valence-electron chi connectivity index (χ1n) is 5.63. The fraction of sp³-hybridized carbons (Fsp3) is 0.250. The van der Waals surface area contributed by atoms with Gasteiger partial charge in [-0.1, -0.05) is 29.5 Å². The maximum absolute atomic E-state index is 12.3. The SMILES string of the molecule is COc1ccccc1CC(=O)Nc1nnc(C(F)F)s1. The number of hydrogen-bond acceptors (Lipinski definition) is 5. The highest BCUT2D eigenvalue weighted by Crippen LogP contribution is 2.25. The van der Waals surface area contributed by atoms with E-state index in [0.717, 1.165) is 0 Å². The zero-order valence-corrected chi connectivity index (χ0v) is 11.3. The second-order valence-electron chi connectivity index (χ2n) is 3.78. The highest BCUT2D eigenvalue weighted by molar-refractivity contribution is 7.15. The maximum Gasteiger partial charge on any atom is 0.291 e. The minimum absolute atomic E-state index is 0.0557. The van der Waals surface area contributed by atoms with Gasteiger partial charge in [0.05, 0.1) is 13.5 Å². The van der Waals surface area contributed by atoms with Crippen molar-refractivity contribution in [2.24, 2.45) is 0 Å². The van der Waals surface area contributed by atoms with Crippen LogP contribution >= 0.6 is 11.3 Å². The van der Waals surface area contributed by atoms with E-state index in [2.05, 4.69) is 15.5 Å². The summed E-state index contributed by atoms with van der Waals surface area (Å²) >= 11 is 0.654. The van der Waals surface area contributed by atoms with Crippen LogP contribution in [0.5, 0.6) is 5.75 Å². The van der Waals surface area contributed by atoms with Gasteiger partial charge in [-0.2, -0.15) is 0 Å². The molecular weight excluding hydrogens is 288 g/mol. The number of methoxy groups -OCH3 is 1. The predicted octanol–water partition coefficient (Wildman–Crippen LogP) is 2.67. The fourth-order valence-corrected chi connectivity index (χ4v) is 2.17. The lowest BCUT2D eigenvalue weighted by Gasteiger charge is -2.07. The summed E-state index contributed by atoms with van der Waals surface area (Å²) < 4.78 is 29.8. The molecule has 1 aromatic heterocycles. The van der Waals surface area contributed by atoms with Crippen LogP contribution in [0.15, 0.2) is 24.3 Å². The first-order valence-corrected chi connectivity index (χ1v) is 6.45. The molecule has 2 rings (SSSR count). The Bertz CT molecular complexity index is 604. The van der Waals surface area contributed by atoms with Crippen LogP contribution in [0.2, 0.25) is 0 Å². The Hall–Kier alpha value is -2.09. The molecule has 0 fully saturated rings. The van der Waals surface area contributed by atoms with Gasteiger partial charge in [0.25, 0.3) is 6.43 Å². The summed E-state index contributed by atoms with van der Waals surface area (Å²) in [7, 11) is 1.51. The van der Waals surface area contributed by atoms with Gasteiger partial charge in [-0.3, -0.25) is 4.79 Å². The standard InChI is InChI=1S/C12H11F2N3O2S/c1-19-8-5-3-2-4-7(8)6-9(18)15-12-17-16-11(20-12)10(13)14/h2-5,10H,6H2,1H3,(H,15,17,18). The number of carbonyl (C=O) groups is 1. The number of halogens is 2. The number of amides is 1. The van der Waals surface area contributed by atoms with Crippen molar-refractivity contribution in [3.05, 3.63) is 34.8 Å². The molecule has 1 N–H and O–H groups in total. The Labute approximate surface area is 117 Å². The van der Waals surface area contributed by atoms with Gasteiger partial charge in [-0.05, 0) is 6.07 Å². The number of anilines is 1. The quantitative estimate of drug-likeness (QED) is 0.922. The molecule has 0 unspecified atom stereocenters. The summed E-state index contributed by atoms with van der Waals surface area (Å²) in [6.07, 6.45) is -2.62. The van der Waals surface area contributed by atoms with Crippen molar-refractivity contribution in [1.29, 1.82) is 0 Å². The van der Waals surface area contributed by atoms with E-state index >= 15 is 0 Å². The smallest absolute Gasteiger partial charge is 0.291 e. The Morgan fingerprint density at radius 1 is 1.40 bits per heavy atom. The fourth-order valence-electron chi connectivity index (χ4n) is 1.56. The van der Waals surface area contributed by atoms with Crippen molar-refractivity contribution in [2.75, 3.05) is 12.4 Å². The highest BCUT2D eigenvalue weighted by atomic mass is 32.1. The number of para-hydroxylation sites is 1. The molecule has 106 valence electrons. The second-order valence-corrected chi connectivity index (χ2v) is 4.79. The average molecular weight is 299 g/mol. The molecule has 0 bridgehead atoms. The third-order valence-electron chi connectivity index (χ3n) is 2.42. The van der Waals surface area contributed by atoms with E-state index in [9.17, 15) is 13.6 Å². The normalized spacial score (nSPS) is 10.6. The number of hydrogen-bond donors (Lipinski definition) is 1. The van der Waals surface area contributed by atoms with E-state index in [1.54, 1.807) is 24.3 Å². The lowest BCUT2D eigenvalue weighted by molar-refractivity contribution is -0.115. The molecule has 0 saturated heterocycles. The molecule has 0 atom stereocenters. The van der Waals surface area contributed by atoms with Crippen molar-refractivity contribution >= 4 is 22.4 Å². The van der Waals surface area contributed by atoms with Crippen LogP contribution in [0.4, 0.5) is 13.9 Å². The van der Waals surface area contributed by atoms with E-state index in [4.69, 9.17) is 4.74 Å². The third-order valence-corrected chi connectivity index (χ3v) is 3.26. The molecule has 2 aromatic rings. The summed E-state index contributed by atoms with van der Waals surface area (Å²) in [4.78, 5) is 11.8. The van der Waals surface area contributed by atoms with Crippen LogP contribution in [-0.4, -0.2) is 23.2 Å². The van der Waals surface area contributed by atoms with Gasteiger partial charge in [-0.15, -0.1) is 10.2 Å². The molecule has 0 aliphatic rings. The molecule has 0 aliphatic heterocycles. The molecule has 0 radical (unpaired) electrons. The molecule has 1 amide bonds. The Morgan fingerprint density at radius 2 is 2.15 bits per heavy atom. The van der Waals surface area contributed by atoms with Gasteiger partial charge < -0.3 is 10.1 Å². The number of alkyl halides is 2. The topological polar surface area (TPSA) is 64.1 Å². The lowest BCUT2D eigenvalue weighted by Crippen LogP contribution is -2.14. The molecule has 1 heterocycles. The number of benzene rings is 1. The Balaban J connectivity index is 2.01. The monoisotopic (exact) mass is 299 g/mol. The number of carbonyl (C=O) groups excluding carboxylic acids is 1. The van der Waals surface area contributed by atoms with Crippen LogP contribution in [-0.2, 0) is 11.2 Å². The molecule has 5 nitrogen and oxygen atoms in total. The highest BCUT2D eigenvalue weighted by Gasteiger charge is 2.16. The summed E-state index contributed by atoms with van der Waals surface area (Å²) in [5.41, 5.74) is 0.700. The van der Waals surface area contributed by atoms with Crippen LogP contribution < -0.4 is 10.1 Å². The number of ether oxygens (including phenoxy) is 1. The molecule has 20 heavy (non-hydrogen) atoms. The van der Waals surface area contributed by atoms with E-state index in [1.807, 2.05) is 0 Å². The van der Waals surface area contributed by atoms with Crippen molar-refractivity contribution in [3.63, 3.8) is 0 Å². The van der Waals surface area contributed by atoms with Crippen LogP contribution in [0.3, 0.4) is 0 Å². The molecule has 0 aliphatic carbocycles. The van der Waals surface area contributed by atoms with Crippen LogP contribution in [0.1, 0.15) is 17.0 Å². The van der Waals surface area contributed by atoms with Crippen molar-refractivity contribution < 1.29 is 18.3 Å². The zero-order chi connectivity index (χ0) is 14.5. The number of rotatable bonds is 5. The predicted molar refractivity (Wildman–Crippen MR) is 70.2 cm³/mol. The summed E-state index contributed by atoms with van der Waals surface area (Å²) in [5, 5.41) is 8.85. The first kappa shape index (κ1) is 14.3. The van der Waals surface area contributed by atoms with E-state index in [0.29, 0.717) is 22.6 Å². The second kappa shape index (κ2) is 6.38. The Morgan fingerprint density at radius 3 is 2.80 bits per heavy atom. The average Bonchev–Trinajstić information content (AvgIpc) is 2.88. The molecule has 8 heteroatoms. The van der Waals surface area contributed by atoms with E-state index in [1.165, 1.54) is 7.11 Å². The minimum Gasteiger partial charge on any atom is -0.496 e. The van der Waals surface area contributed by atoms with Gasteiger partial charge in [0.1, 0.15) is 5.75 Å². The maximum atomic E-state index is 12.3. The Kier molecular flexibility index (Phi) is 4.57. The van der Waals surface area contributed by atoms with Gasteiger partial charge in [0.15, 0.2) is 5.01 Å². The van der Waals surface area contributed by atoms with Crippen molar-refractivity contribution in [2.45, 2.75) is 12.8 Å². The van der Waals surface area contributed by atoms with Gasteiger partial charge in [0, 0.05) is 5.56 Å². The zero-order valence-electron chi connectivity index (χ0n) is 10.5. The van der Waals surface area contributed by atoms with E-state index < -0.39 is 11.4 Å². The number of nitrogens with zero attached hydrogens (tertiary/aromatic N) is 2. The summed E-state index contributed by atoms with van der Waals surface area (Å²) in [5.74, 6) is 0.222. The molecule has 1 aromatic carbocycles. The number of nitrogens with one attached hydrogen (secondary N) is 1. The van der Waals surface area contributed by atoms with Crippen LogP contribution in [0.25, 0.3) is 0 Å². The molecule has 0 spiro atoms. The summed E-state index contributed by atoms with van der Waals surface area (Å²) in [6.45, 7) is 0. The lowest BCUT2D eigenvalue weighted by atomic mass is 10.1. The largest absolute Gasteiger partial charge is 0.496 e. The van der Waals surface area contributed by atoms with Gasteiger partial charge >= 0.3 is 0 Å². The molecular formula is C12H11F2N3O2S. The van der Waals surface area contributed by atoms with Crippen molar-refractivity contribution in [3.8, 4) is 5.75 Å². The first-order chi connectivity index (χ1) is 9.60. The summed E-state index contributed by atoms with van der Waals surface area (Å²) in [6, 6.07) is 7.07. The van der Waals surface area contributed by atoms with E-state index in [-0.39, 0.29) is 17.5 Å². The van der Waals surface area contributed by atoms with Crippen LogP contribution in [0, 0.1) is 0 Å². The van der Waals surface area contributed by atoms with Gasteiger partial charge in [0.2, 0.25) is 11.0 Å². The molecule has 0 saturated carbocycles. The third kappa shape index (κ3) is 3.47. The number of aromatic nitrogens is 2. The minimum atomic E-state index is -2.69. The van der Waals surface area contributed by atoms with Crippen molar-refractivity contribution in [1.82, 2.24) is 10.2 Å².